The van der Waals surface area contributed by atoms with Gasteiger partial charge in [0.2, 0.25) is 5.91 Å². The molecular formula is C17H21F3IN5OS. The molecule has 1 aromatic carbocycles. The van der Waals surface area contributed by atoms with E-state index in [0.717, 1.165) is 22.3 Å². The summed E-state index contributed by atoms with van der Waals surface area (Å²) < 4.78 is 37.6. The molecule has 0 aliphatic heterocycles. The number of carbonyl (C=O) groups is 1. The van der Waals surface area contributed by atoms with Crippen molar-refractivity contribution in [3.05, 3.63) is 52.0 Å². The zero-order valence-corrected chi connectivity index (χ0v) is 18.2. The average Bonchev–Trinajstić information content (AvgIpc) is 3.13. The van der Waals surface area contributed by atoms with Crippen LogP contribution in [0.25, 0.3) is 0 Å². The molecule has 0 radical (unpaired) electrons. The number of guanidine groups is 1. The summed E-state index contributed by atoms with van der Waals surface area (Å²) in [5, 5.41) is 9.89. The molecule has 0 aliphatic rings. The number of amides is 1. The van der Waals surface area contributed by atoms with E-state index < -0.39 is 11.9 Å². The minimum Gasteiger partial charge on any atom is -0.356 e. The van der Waals surface area contributed by atoms with E-state index in [1.807, 2.05) is 30.3 Å². The van der Waals surface area contributed by atoms with Crippen LogP contribution in [0.5, 0.6) is 0 Å². The predicted molar refractivity (Wildman–Crippen MR) is 114 cm³/mol. The number of nitrogens with one attached hydrogen (secondary N) is 3. The number of hydrogen-bond donors (Lipinski definition) is 3. The SMILES string of the molecule is CN=C(NCCC(=O)NCc1ccccc1)NCc1nc(C(F)(F)F)cs1.I. The van der Waals surface area contributed by atoms with Gasteiger partial charge in [-0.25, -0.2) is 4.98 Å². The van der Waals surface area contributed by atoms with Crippen molar-refractivity contribution in [3.63, 3.8) is 0 Å². The molecular weight excluding hydrogens is 506 g/mol. The monoisotopic (exact) mass is 527 g/mol. The summed E-state index contributed by atoms with van der Waals surface area (Å²) in [5.41, 5.74) is 0.111. The van der Waals surface area contributed by atoms with Gasteiger partial charge in [-0.2, -0.15) is 13.2 Å². The summed E-state index contributed by atoms with van der Waals surface area (Å²) in [6, 6.07) is 9.56. The van der Waals surface area contributed by atoms with Crippen LogP contribution in [0.2, 0.25) is 0 Å². The summed E-state index contributed by atoms with van der Waals surface area (Å²) in [7, 11) is 1.54. The van der Waals surface area contributed by atoms with E-state index in [4.69, 9.17) is 0 Å². The highest BCUT2D eigenvalue weighted by molar-refractivity contribution is 14.0. The normalized spacial score (nSPS) is 11.5. The lowest BCUT2D eigenvalue weighted by Gasteiger charge is -2.11. The third-order valence-corrected chi connectivity index (χ3v) is 4.30. The molecule has 1 heterocycles. The van der Waals surface area contributed by atoms with Crippen molar-refractivity contribution in [3.8, 4) is 0 Å². The van der Waals surface area contributed by atoms with Crippen LogP contribution in [0.4, 0.5) is 13.2 Å². The molecule has 0 unspecified atom stereocenters. The zero-order chi connectivity index (χ0) is 19.7. The van der Waals surface area contributed by atoms with Crippen molar-refractivity contribution in [2.75, 3.05) is 13.6 Å². The number of benzene rings is 1. The third-order valence-electron chi connectivity index (χ3n) is 3.45. The molecule has 6 nitrogen and oxygen atoms in total. The quantitative estimate of drug-likeness (QED) is 0.294. The Bertz CT molecular complexity index is 768. The van der Waals surface area contributed by atoms with E-state index in [-0.39, 0.29) is 42.8 Å². The van der Waals surface area contributed by atoms with Crippen LogP contribution in [0.15, 0.2) is 40.7 Å². The Morgan fingerprint density at radius 1 is 1.14 bits per heavy atom. The lowest BCUT2D eigenvalue weighted by Crippen LogP contribution is -2.38. The van der Waals surface area contributed by atoms with Gasteiger partial charge in [0, 0.05) is 31.9 Å². The number of thiazole rings is 1. The second kappa shape index (κ2) is 11.8. The van der Waals surface area contributed by atoms with Gasteiger partial charge >= 0.3 is 6.18 Å². The topological polar surface area (TPSA) is 78.4 Å². The molecule has 0 atom stereocenters. The molecule has 2 rings (SSSR count). The largest absolute Gasteiger partial charge is 0.434 e. The average molecular weight is 527 g/mol. The maximum absolute atomic E-state index is 12.5. The molecule has 1 aromatic heterocycles. The summed E-state index contributed by atoms with van der Waals surface area (Å²) in [4.78, 5) is 19.3. The number of carbonyl (C=O) groups excluding carboxylic acids is 1. The van der Waals surface area contributed by atoms with Crippen molar-refractivity contribution in [2.45, 2.75) is 25.7 Å². The molecule has 0 saturated heterocycles. The Kier molecular flexibility index (Phi) is 10.2. The molecule has 11 heteroatoms. The smallest absolute Gasteiger partial charge is 0.356 e. The number of aromatic nitrogens is 1. The van der Waals surface area contributed by atoms with Crippen LogP contribution in [0, 0.1) is 0 Å². The van der Waals surface area contributed by atoms with Gasteiger partial charge in [-0.1, -0.05) is 30.3 Å². The van der Waals surface area contributed by atoms with Gasteiger partial charge in [-0.05, 0) is 5.56 Å². The first-order chi connectivity index (χ1) is 12.9. The number of halogens is 4. The fourth-order valence-corrected chi connectivity index (χ4v) is 2.82. The standard InChI is InChI=1S/C17H20F3N5OS.HI/c1-21-16(24-10-15-25-13(11-27-15)17(18,19)20)22-8-7-14(26)23-9-12-5-3-2-4-6-12;/h2-6,11H,7-10H2,1H3,(H,23,26)(H2,21,22,24);1H. The van der Waals surface area contributed by atoms with Gasteiger partial charge in [0.1, 0.15) is 5.01 Å². The minimum absolute atomic E-state index is 0. The van der Waals surface area contributed by atoms with Crippen molar-refractivity contribution in [1.29, 1.82) is 0 Å². The maximum atomic E-state index is 12.5. The van der Waals surface area contributed by atoms with Gasteiger partial charge in [-0.3, -0.25) is 9.79 Å². The molecule has 0 fully saturated rings. The van der Waals surface area contributed by atoms with E-state index >= 15 is 0 Å². The highest BCUT2D eigenvalue weighted by atomic mass is 127. The fraction of sp³-hybridized carbons (Fsp3) is 0.353. The summed E-state index contributed by atoms with van der Waals surface area (Å²) in [6.07, 6.45) is -4.20. The fourth-order valence-electron chi connectivity index (χ4n) is 2.08. The van der Waals surface area contributed by atoms with Crippen LogP contribution in [0.1, 0.15) is 22.7 Å². The second-order valence-corrected chi connectivity index (χ2v) is 6.43. The van der Waals surface area contributed by atoms with Crippen LogP contribution in [-0.2, 0) is 24.1 Å². The number of aliphatic imine (C=N–C) groups is 1. The Morgan fingerprint density at radius 3 is 2.46 bits per heavy atom. The third kappa shape index (κ3) is 8.42. The molecule has 2 aromatic rings. The lowest BCUT2D eigenvalue weighted by atomic mass is 10.2. The van der Waals surface area contributed by atoms with E-state index in [2.05, 4.69) is 25.9 Å². The van der Waals surface area contributed by atoms with E-state index in [1.54, 1.807) is 0 Å². The first-order valence-corrected chi connectivity index (χ1v) is 9.03. The number of nitrogens with zero attached hydrogens (tertiary/aromatic N) is 2. The molecule has 1 amide bonds. The summed E-state index contributed by atoms with van der Waals surface area (Å²) >= 11 is 0.922. The number of rotatable bonds is 7. The number of alkyl halides is 3. The van der Waals surface area contributed by atoms with Gasteiger partial charge in [0.05, 0.1) is 6.54 Å². The Hall–Kier alpha value is -1.89. The Morgan fingerprint density at radius 2 is 1.86 bits per heavy atom. The molecule has 0 bridgehead atoms. The highest BCUT2D eigenvalue weighted by Crippen LogP contribution is 2.29. The molecule has 3 N–H and O–H groups in total. The maximum Gasteiger partial charge on any atom is 0.434 e. The van der Waals surface area contributed by atoms with Crippen molar-refractivity contribution in [2.24, 2.45) is 4.99 Å². The first-order valence-electron chi connectivity index (χ1n) is 8.15. The highest BCUT2D eigenvalue weighted by Gasteiger charge is 2.33. The lowest BCUT2D eigenvalue weighted by molar-refractivity contribution is -0.140. The van der Waals surface area contributed by atoms with Crippen LogP contribution < -0.4 is 16.0 Å². The van der Waals surface area contributed by atoms with Crippen LogP contribution in [0.3, 0.4) is 0 Å². The summed E-state index contributed by atoms with van der Waals surface area (Å²) in [6.45, 7) is 0.908. The molecule has 28 heavy (non-hydrogen) atoms. The Labute approximate surface area is 182 Å². The molecule has 0 saturated carbocycles. The van der Waals surface area contributed by atoms with Gasteiger partial charge in [-0.15, -0.1) is 35.3 Å². The van der Waals surface area contributed by atoms with E-state index in [1.165, 1.54) is 7.05 Å². The number of hydrogen-bond acceptors (Lipinski definition) is 4. The predicted octanol–water partition coefficient (Wildman–Crippen LogP) is 3.15. The van der Waals surface area contributed by atoms with Gasteiger partial charge < -0.3 is 16.0 Å². The van der Waals surface area contributed by atoms with Gasteiger partial charge in [0.25, 0.3) is 0 Å². The first kappa shape index (κ1) is 24.1. The molecule has 154 valence electrons. The molecule has 0 aliphatic carbocycles. The second-order valence-electron chi connectivity index (χ2n) is 5.49. The van der Waals surface area contributed by atoms with Crippen LogP contribution in [-0.4, -0.2) is 30.4 Å². The zero-order valence-electron chi connectivity index (χ0n) is 15.0. The Balaban J connectivity index is 0.00000392. The van der Waals surface area contributed by atoms with E-state index in [0.29, 0.717) is 24.1 Å². The van der Waals surface area contributed by atoms with Crippen molar-refractivity contribution < 1.29 is 18.0 Å². The van der Waals surface area contributed by atoms with Crippen molar-refractivity contribution >= 4 is 47.2 Å². The van der Waals surface area contributed by atoms with Crippen LogP contribution >= 0.6 is 35.3 Å². The van der Waals surface area contributed by atoms with Gasteiger partial charge in [0.15, 0.2) is 11.7 Å². The summed E-state index contributed by atoms with van der Waals surface area (Å²) in [5.74, 6) is 0.270. The van der Waals surface area contributed by atoms with E-state index in [9.17, 15) is 18.0 Å². The molecule has 0 spiro atoms. The van der Waals surface area contributed by atoms with Crippen molar-refractivity contribution in [1.82, 2.24) is 20.9 Å². The minimum atomic E-state index is -4.44.